The molecule has 1 aliphatic rings. The lowest BCUT2D eigenvalue weighted by Gasteiger charge is -2.35. The summed E-state index contributed by atoms with van der Waals surface area (Å²) < 4.78 is 36.8. The molecule has 0 atom stereocenters. The predicted octanol–water partition coefficient (Wildman–Crippen LogP) is 2.26. The van der Waals surface area contributed by atoms with E-state index in [1.807, 2.05) is 13.8 Å². The highest BCUT2D eigenvalue weighted by Crippen LogP contribution is 2.23. The molecular weight excluding hydrogens is 287 g/mol. The summed E-state index contributed by atoms with van der Waals surface area (Å²) in [6.45, 7) is 6.51. The average Bonchev–Trinajstić information content (AvgIpc) is 2.29. The van der Waals surface area contributed by atoms with Crippen LogP contribution in [0.1, 0.15) is 26.7 Å². The molecule has 0 bridgehead atoms. The van der Waals surface area contributed by atoms with Gasteiger partial charge >= 0.3 is 6.18 Å². The molecule has 7 heteroatoms. The van der Waals surface area contributed by atoms with E-state index < -0.39 is 12.7 Å². The normalized spacial score (nSPS) is 19.2. The highest BCUT2D eigenvalue weighted by molar-refractivity contribution is 7.80. The number of hydrogen-bond donors (Lipinski definition) is 1. The molecule has 0 spiro atoms. The quantitative estimate of drug-likeness (QED) is 0.763. The Hall–Kier alpha value is -0.400. The van der Waals surface area contributed by atoms with Crippen molar-refractivity contribution in [3.05, 3.63) is 0 Å². The Morgan fingerprint density at radius 2 is 1.60 bits per heavy atom. The molecule has 20 heavy (non-hydrogen) atoms. The first kappa shape index (κ1) is 17.7. The third-order valence-electron chi connectivity index (χ3n) is 3.81. The van der Waals surface area contributed by atoms with Gasteiger partial charge < -0.3 is 10.6 Å². The Labute approximate surface area is 124 Å². The Kier molecular flexibility index (Phi) is 6.22. The van der Waals surface area contributed by atoms with Crippen LogP contribution in [-0.2, 0) is 0 Å². The van der Waals surface area contributed by atoms with E-state index in [9.17, 15) is 13.2 Å². The zero-order chi connectivity index (χ0) is 15.4. The minimum Gasteiger partial charge on any atom is -0.393 e. The van der Waals surface area contributed by atoms with Crippen molar-refractivity contribution in [3.8, 4) is 0 Å². The molecule has 0 radical (unpaired) electrons. The van der Waals surface area contributed by atoms with Crippen molar-refractivity contribution in [1.82, 2.24) is 9.80 Å². The minimum atomic E-state index is -4.09. The fourth-order valence-electron chi connectivity index (χ4n) is 2.29. The number of halogens is 3. The number of alkyl halides is 3. The van der Waals surface area contributed by atoms with E-state index in [4.69, 9.17) is 18.0 Å². The van der Waals surface area contributed by atoms with Crippen molar-refractivity contribution < 1.29 is 13.2 Å². The predicted molar refractivity (Wildman–Crippen MR) is 78.7 cm³/mol. The van der Waals surface area contributed by atoms with E-state index in [2.05, 4.69) is 4.90 Å². The highest BCUT2D eigenvalue weighted by Gasteiger charge is 2.32. The first-order chi connectivity index (χ1) is 9.10. The summed E-state index contributed by atoms with van der Waals surface area (Å²) in [7, 11) is 0. The third kappa shape index (κ3) is 6.37. The van der Waals surface area contributed by atoms with Gasteiger partial charge in [0.05, 0.1) is 11.5 Å². The van der Waals surface area contributed by atoms with Crippen molar-refractivity contribution in [2.24, 2.45) is 11.1 Å². The maximum atomic E-state index is 12.3. The minimum absolute atomic E-state index is 0.145. The molecule has 1 saturated heterocycles. The van der Waals surface area contributed by atoms with Gasteiger partial charge in [-0.3, -0.25) is 4.90 Å². The van der Waals surface area contributed by atoms with Gasteiger partial charge in [-0.2, -0.15) is 13.2 Å². The van der Waals surface area contributed by atoms with Crippen LogP contribution in [0.4, 0.5) is 13.2 Å². The number of nitrogens with two attached hydrogens (primary N) is 1. The van der Waals surface area contributed by atoms with Crippen molar-refractivity contribution >= 4 is 17.2 Å². The standard InChI is InChI=1S/C13H24F3N3S/c1-12(2,11(17)20)4-3-5-18-6-8-19(9-7-18)10-13(14,15)16/h3-10H2,1-2H3,(H2,17,20). The lowest BCUT2D eigenvalue weighted by atomic mass is 9.88. The van der Waals surface area contributed by atoms with E-state index in [1.54, 1.807) is 0 Å². The summed E-state index contributed by atoms with van der Waals surface area (Å²) in [6, 6.07) is 0. The summed E-state index contributed by atoms with van der Waals surface area (Å²) in [5.41, 5.74) is 5.53. The van der Waals surface area contributed by atoms with Crippen LogP contribution in [0.15, 0.2) is 0 Å². The Morgan fingerprint density at radius 3 is 2.05 bits per heavy atom. The van der Waals surface area contributed by atoms with Gasteiger partial charge in [0.25, 0.3) is 0 Å². The van der Waals surface area contributed by atoms with Crippen molar-refractivity contribution in [2.75, 3.05) is 39.3 Å². The van der Waals surface area contributed by atoms with E-state index in [1.165, 1.54) is 4.90 Å². The van der Waals surface area contributed by atoms with Crippen LogP contribution >= 0.6 is 12.2 Å². The molecule has 0 unspecified atom stereocenters. The molecule has 1 aliphatic heterocycles. The van der Waals surface area contributed by atoms with Gasteiger partial charge in [-0.1, -0.05) is 26.1 Å². The van der Waals surface area contributed by atoms with E-state index >= 15 is 0 Å². The highest BCUT2D eigenvalue weighted by atomic mass is 32.1. The first-order valence-electron chi connectivity index (χ1n) is 6.91. The smallest absolute Gasteiger partial charge is 0.393 e. The maximum absolute atomic E-state index is 12.3. The second-order valence-corrected chi connectivity index (χ2v) is 6.52. The summed E-state index contributed by atoms with van der Waals surface area (Å²) in [4.78, 5) is 4.20. The average molecular weight is 311 g/mol. The topological polar surface area (TPSA) is 32.5 Å². The summed E-state index contributed by atoms with van der Waals surface area (Å²) in [5, 5.41) is 0. The lowest BCUT2D eigenvalue weighted by molar-refractivity contribution is -0.149. The van der Waals surface area contributed by atoms with E-state index in [-0.39, 0.29) is 5.41 Å². The van der Waals surface area contributed by atoms with Crippen LogP contribution in [0, 0.1) is 5.41 Å². The molecule has 3 nitrogen and oxygen atoms in total. The van der Waals surface area contributed by atoms with E-state index in [0.29, 0.717) is 31.2 Å². The van der Waals surface area contributed by atoms with Gasteiger partial charge in [0.2, 0.25) is 0 Å². The zero-order valence-electron chi connectivity index (χ0n) is 12.2. The Morgan fingerprint density at radius 1 is 1.10 bits per heavy atom. The van der Waals surface area contributed by atoms with Crippen molar-refractivity contribution in [1.29, 1.82) is 0 Å². The molecule has 1 heterocycles. The van der Waals surface area contributed by atoms with Gasteiger partial charge in [-0.15, -0.1) is 0 Å². The van der Waals surface area contributed by atoms with Crippen LogP contribution in [-0.4, -0.2) is 60.2 Å². The number of hydrogen-bond acceptors (Lipinski definition) is 3. The molecular formula is C13H24F3N3S. The fraction of sp³-hybridized carbons (Fsp3) is 0.923. The van der Waals surface area contributed by atoms with Gasteiger partial charge in [0.1, 0.15) is 0 Å². The molecule has 0 aromatic rings. The van der Waals surface area contributed by atoms with Crippen molar-refractivity contribution in [3.63, 3.8) is 0 Å². The van der Waals surface area contributed by atoms with Crippen LogP contribution in [0.5, 0.6) is 0 Å². The third-order valence-corrected chi connectivity index (χ3v) is 4.36. The second kappa shape index (κ2) is 7.04. The molecule has 1 fully saturated rings. The van der Waals surface area contributed by atoms with Crippen LogP contribution in [0.25, 0.3) is 0 Å². The van der Waals surface area contributed by atoms with Gasteiger partial charge in [0.15, 0.2) is 0 Å². The number of rotatable bonds is 6. The molecule has 0 amide bonds. The lowest BCUT2D eigenvalue weighted by Crippen LogP contribution is -2.49. The molecule has 2 N–H and O–H groups in total. The largest absolute Gasteiger partial charge is 0.401 e. The van der Waals surface area contributed by atoms with Crippen LogP contribution in [0.3, 0.4) is 0 Å². The van der Waals surface area contributed by atoms with Gasteiger partial charge in [-0.25, -0.2) is 0 Å². The maximum Gasteiger partial charge on any atom is 0.401 e. The molecule has 0 aromatic carbocycles. The molecule has 0 saturated carbocycles. The number of nitrogens with zero attached hydrogens (tertiary/aromatic N) is 2. The number of piperazine rings is 1. The first-order valence-corrected chi connectivity index (χ1v) is 7.32. The van der Waals surface area contributed by atoms with E-state index in [0.717, 1.165) is 19.4 Å². The Balaban J connectivity index is 2.22. The SMILES string of the molecule is CC(C)(CCCN1CCN(CC(F)(F)F)CC1)C(N)=S. The fourth-order valence-corrected chi connectivity index (χ4v) is 2.39. The molecule has 0 aliphatic carbocycles. The summed E-state index contributed by atoms with van der Waals surface area (Å²) >= 11 is 5.02. The number of thiocarbonyl (C=S) groups is 1. The van der Waals surface area contributed by atoms with Crippen LogP contribution < -0.4 is 5.73 Å². The monoisotopic (exact) mass is 311 g/mol. The molecule has 118 valence electrons. The van der Waals surface area contributed by atoms with Crippen molar-refractivity contribution in [2.45, 2.75) is 32.9 Å². The Bertz CT molecular complexity index is 323. The van der Waals surface area contributed by atoms with Gasteiger partial charge in [0, 0.05) is 31.6 Å². The molecule has 0 aromatic heterocycles. The summed E-state index contributed by atoms with van der Waals surface area (Å²) in [6.07, 6.45) is -2.22. The van der Waals surface area contributed by atoms with Crippen LogP contribution in [0.2, 0.25) is 0 Å². The zero-order valence-corrected chi connectivity index (χ0v) is 13.0. The second-order valence-electron chi connectivity index (χ2n) is 6.08. The molecule has 1 rings (SSSR count). The van der Waals surface area contributed by atoms with Gasteiger partial charge in [-0.05, 0) is 19.4 Å². The summed E-state index contributed by atoms with van der Waals surface area (Å²) in [5.74, 6) is 0.